The van der Waals surface area contributed by atoms with Crippen molar-refractivity contribution in [2.24, 2.45) is 0 Å². The molecule has 21 heavy (non-hydrogen) atoms. The molecular weight excluding hydrogens is 254 g/mol. The molecule has 0 amide bonds. The van der Waals surface area contributed by atoms with E-state index in [1.54, 1.807) is 0 Å². The first-order chi connectivity index (χ1) is 10.4. The minimum Gasteiger partial charge on any atom is -0.317 e. The van der Waals surface area contributed by atoms with E-state index >= 15 is 0 Å². The van der Waals surface area contributed by atoms with Crippen molar-refractivity contribution in [3.63, 3.8) is 0 Å². The van der Waals surface area contributed by atoms with Crippen molar-refractivity contribution in [3.05, 3.63) is 35.9 Å². The van der Waals surface area contributed by atoms with Crippen LogP contribution in [0.3, 0.4) is 0 Å². The molecule has 1 heteroatoms. The van der Waals surface area contributed by atoms with E-state index < -0.39 is 0 Å². The fraction of sp³-hybridized carbons (Fsp3) is 0.700. The quantitative estimate of drug-likeness (QED) is 0.457. The van der Waals surface area contributed by atoms with Gasteiger partial charge in [-0.3, -0.25) is 0 Å². The Morgan fingerprint density at radius 3 is 2.10 bits per heavy atom. The van der Waals surface area contributed by atoms with E-state index in [1.165, 1.54) is 76.2 Å². The summed E-state index contributed by atoms with van der Waals surface area (Å²) in [6.07, 6.45) is 15.0. The van der Waals surface area contributed by atoms with Crippen LogP contribution in [-0.4, -0.2) is 13.1 Å². The highest BCUT2D eigenvalue weighted by atomic mass is 14.9. The van der Waals surface area contributed by atoms with E-state index in [4.69, 9.17) is 0 Å². The molecule has 1 aromatic rings. The Bertz CT molecular complexity index is 320. The van der Waals surface area contributed by atoms with Gasteiger partial charge in [0, 0.05) is 6.04 Å². The summed E-state index contributed by atoms with van der Waals surface area (Å²) in [5.74, 6) is 0. The van der Waals surface area contributed by atoms with Crippen LogP contribution in [-0.2, 0) is 6.42 Å². The summed E-state index contributed by atoms with van der Waals surface area (Å²) >= 11 is 0. The zero-order valence-corrected chi connectivity index (χ0v) is 14.2. The van der Waals surface area contributed by atoms with Crippen molar-refractivity contribution in [1.82, 2.24) is 5.32 Å². The lowest BCUT2D eigenvalue weighted by molar-refractivity contribution is 0.446. The molecule has 1 unspecified atom stereocenters. The van der Waals surface area contributed by atoms with E-state index in [0.717, 1.165) is 0 Å². The maximum atomic E-state index is 3.50. The highest BCUT2D eigenvalue weighted by Gasteiger charge is 2.05. The normalized spacial score (nSPS) is 12.5. The molecule has 0 bridgehead atoms. The van der Waals surface area contributed by atoms with Crippen LogP contribution in [0.25, 0.3) is 0 Å². The second-order valence-corrected chi connectivity index (χ2v) is 6.27. The predicted molar refractivity (Wildman–Crippen MR) is 94.8 cm³/mol. The van der Waals surface area contributed by atoms with Gasteiger partial charge >= 0.3 is 0 Å². The number of rotatable bonds is 13. The third-order valence-electron chi connectivity index (χ3n) is 4.43. The molecule has 0 aliphatic heterocycles. The Balaban J connectivity index is 2.01. The summed E-state index contributed by atoms with van der Waals surface area (Å²) in [5.41, 5.74) is 1.48. The largest absolute Gasteiger partial charge is 0.317 e. The average Bonchev–Trinajstić information content (AvgIpc) is 2.53. The highest BCUT2D eigenvalue weighted by molar-refractivity contribution is 5.14. The van der Waals surface area contributed by atoms with Gasteiger partial charge in [0.05, 0.1) is 0 Å². The number of aryl methyl sites for hydroxylation is 1. The van der Waals surface area contributed by atoms with Gasteiger partial charge in [0.15, 0.2) is 0 Å². The molecule has 0 saturated carbocycles. The number of unbranched alkanes of at least 4 members (excludes halogenated alkanes) is 6. The summed E-state index contributed by atoms with van der Waals surface area (Å²) in [6, 6.07) is 11.6. The average molecular weight is 290 g/mol. The Morgan fingerprint density at radius 1 is 0.810 bits per heavy atom. The van der Waals surface area contributed by atoms with Gasteiger partial charge in [0.1, 0.15) is 0 Å². The minimum absolute atomic E-state index is 0.712. The molecule has 120 valence electrons. The van der Waals surface area contributed by atoms with Crippen LogP contribution in [0.5, 0.6) is 0 Å². The fourth-order valence-electron chi connectivity index (χ4n) is 2.98. The molecule has 1 rings (SSSR count). The molecule has 0 spiro atoms. The SMILES string of the molecule is CCCCCCCCCC(CCCc1ccccc1)NC. The zero-order valence-electron chi connectivity index (χ0n) is 14.2. The summed E-state index contributed by atoms with van der Waals surface area (Å²) in [4.78, 5) is 0. The third kappa shape index (κ3) is 9.68. The molecule has 0 heterocycles. The fourth-order valence-corrected chi connectivity index (χ4v) is 2.98. The molecule has 1 aromatic carbocycles. The molecule has 1 N–H and O–H groups in total. The van der Waals surface area contributed by atoms with Crippen molar-refractivity contribution in [1.29, 1.82) is 0 Å². The predicted octanol–water partition coefficient (Wildman–Crippen LogP) is 5.74. The number of hydrogen-bond acceptors (Lipinski definition) is 1. The lowest BCUT2D eigenvalue weighted by Crippen LogP contribution is -2.25. The van der Waals surface area contributed by atoms with Gasteiger partial charge in [-0.15, -0.1) is 0 Å². The van der Waals surface area contributed by atoms with Crippen molar-refractivity contribution < 1.29 is 0 Å². The summed E-state index contributed by atoms with van der Waals surface area (Å²) in [5, 5.41) is 3.50. The van der Waals surface area contributed by atoms with Crippen LogP contribution in [0.15, 0.2) is 30.3 Å². The Labute approximate surface area is 132 Å². The Hall–Kier alpha value is -0.820. The van der Waals surface area contributed by atoms with Gasteiger partial charge in [-0.05, 0) is 38.3 Å². The molecule has 0 aliphatic rings. The maximum Gasteiger partial charge on any atom is 0.00641 e. The second-order valence-electron chi connectivity index (χ2n) is 6.27. The van der Waals surface area contributed by atoms with Crippen LogP contribution in [0, 0.1) is 0 Å². The van der Waals surface area contributed by atoms with Gasteiger partial charge < -0.3 is 5.32 Å². The molecule has 0 aliphatic carbocycles. The Kier molecular flexibility index (Phi) is 11.2. The monoisotopic (exact) mass is 289 g/mol. The molecule has 1 atom stereocenters. The smallest absolute Gasteiger partial charge is 0.00641 e. The van der Waals surface area contributed by atoms with E-state index in [1.807, 2.05) is 0 Å². The van der Waals surface area contributed by atoms with Crippen LogP contribution in [0.2, 0.25) is 0 Å². The minimum atomic E-state index is 0.712. The highest BCUT2D eigenvalue weighted by Crippen LogP contribution is 2.13. The van der Waals surface area contributed by atoms with Crippen molar-refractivity contribution in [2.75, 3.05) is 7.05 Å². The molecule has 0 radical (unpaired) electrons. The molecular formula is C20H35N. The summed E-state index contributed by atoms with van der Waals surface area (Å²) in [7, 11) is 2.12. The molecule has 0 fully saturated rings. The summed E-state index contributed by atoms with van der Waals surface area (Å²) < 4.78 is 0. The molecule has 0 saturated heterocycles. The van der Waals surface area contributed by atoms with Crippen LogP contribution < -0.4 is 5.32 Å². The first-order valence-electron chi connectivity index (χ1n) is 9.08. The molecule has 1 nitrogen and oxygen atoms in total. The van der Waals surface area contributed by atoms with Gasteiger partial charge in [-0.25, -0.2) is 0 Å². The summed E-state index contributed by atoms with van der Waals surface area (Å²) in [6.45, 7) is 2.28. The van der Waals surface area contributed by atoms with E-state index in [-0.39, 0.29) is 0 Å². The van der Waals surface area contributed by atoms with Gasteiger partial charge in [-0.1, -0.05) is 82.2 Å². The lowest BCUT2D eigenvalue weighted by atomic mass is 9.99. The van der Waals surface area contributed by atoms with Crippen molar-refractivity contribution >= 4 is 0 Å². The van der Waals surface area contributed by atoms with E-state index in [9.17, 15) is 0 Å². The number of benzene rings is 1. The van der Waals surface area contributed by atoms with Gasteiger partial charge in [-0.2, -0.15) is 0 Å². The standard InChI is InChI=1S/C20H35N/c1-3-4-5-6-7-8-12-17-20(21-2)18-13-16-19-14-10-9-11-15-19/h9-11,14-15,20-21H,3-8,12-13,16-18H2,1-2H3. The van der Waals surface area contributed by atoms with Crippen molar-refractivity contribution in [2.45, 2.75) is 83.6 Å². The number of hydrogen-bond donors (Lipinski definition) is 1. The van der Waals surface area contributed by atoms with Crippen LogP contribution >= 0.6 is 0 Å². The molecule has 0 aromatic heterocycles. The van der Waals surface area contributed by atoms with Crippen LogP contribution in [0.4, 0.5) is 0 Å². The second kappa shape index (κ2) is 12.9. The van der Waals surface area contributed by atoms with E-state index in [0.29, 0.717) is 6.04 Å². The van der Waals surface area contributed by atoms with Gasteiger partial charge in [0.2, 0.25) is 0 Å². The third-order valence-corrected chi connectivity index (χ3v) is 4.43. The Morgan fingerprint density at radius 2 is 1.43 bits per heavy atom. The maximum absolute atomic E-state index is 3.50. The van der Waals surface area contributed by atoms with Gasteiger partial charge in [0.25, 0.3) is 0 Å². The van der Waals surface area contributed by atoms with Crippen molar-refractivity contribution in [3.8, 4) is 0 Å². The topological polar surface area (TPSA) is 12.0 Å². The zero-order chi connectivity index (χ0) is 15.2. The first-order valence-corrected chi connectivity index (χ1v) is 9.08. The first kappa shape index (κ1) is 18.2. The lowest BCUT2D eigenvalue weighted by Gasteiger charge is -2.16. The van der Waals surface area contributed by atoms with Crippen LogP contribution in [0.1, 0.15) is 76.7 Å². The van der Waals surface area contributed by atoms with E-state index in [2.05, 4.69) is 49.6 Å². The number of nitrogens with one attached hydrogen (secondary N) is 1.